The number of hydrogen-bond acceptors (Lipinski definition) is 2. The Labute approximate surface area is 77.6 Å². The molecule has 4 heteroatoms. The number of nitrogens with zero attached hydrogens (tertiary/aromatic N) is 3. The maximum atomic E-state index is 4.23. The van der Waals surface area contributed by atoms with E-state index in [0.717, 1.165) is 14.7 Å². The van der Waals surface area contributed by atoms with Gasteiger partial charge in [-0.25, -0.2) is 9.67 Å². The van der Waals surface area contributed by atoms with E-state index in [1.165, 1.54) is 0 Å². The predicted molar refractivity (Wildman–Crippen MR) is 51.2 cm³/mol. The zero-order valence-electron chi connectivity index (χ0n) is 5.95. The molecule has 2 aromatic rings. The van der Waals surface area contributed by atoms with Crippen LogP contribution in [-0.4, -0.2) is 14.8 Å². The molecule has 0 amide bonds. The molecule has 0 aromatic carbocycles. The quantitative estimate of drug-likeness (QED) is 0.672. The molecule has 0 spiro atoms. The van der Waals surface area contributed by atoms with Crippen LogP contribution in [-0.2, 0) is 7.05 Å². The van der Waals surface area contributed by atoms with Gasteiger partial charge in [0.1, 0.15) is 3.70 Å². The molecule has 11 heavy (non-hydrogen) atoms. The van der Waals surface area contributed by atoms with Crippen molar-refractivity contribution in [3.63, 3.8) is 0 Å². The van der Waals surface area contributed by atoms with E-state index in [4.69, 9.17) is 0 Å². The van der Waals surface area contributed by atoms with E-state index < -0.39 is 0 Å². The molecule has 0 saturated carbocycles. The normalized spacial score (nSPS) is 10.7. The Morgan fingerprint density at radius 1 is 1.55 bits per heavy atom. The van der Waals surface area contributed by atoms with E-state index in [0.29, 0.717) is 0 Å². The smallest absolute Gasteiger partial charge is 0.158 e. The van der Waals surface area contributed by atoms with Gasteiger partial charge in [0.15, 0.2) is 5.65 Å². The molecule has 0 aliphatic rings. The summed E-state index contributed by atoms with van der Waals surface area (Å²) in [6.07, 6.45) is 1.78. The Morgan fingerprint density at radius 3 is 3.09 bits per heavy atom. The standard InChI is InChI=1S/C7H6IN3/c1-11-7-5(6(8)10-11)3-2-4-9-7/h2-4H,1H3. The minimum atomic E-state index is 0.942. The monoisotopic (exact) mass is 259 g/mol. The van der Waals surface area contributed by atoms with E-state index in [1.807, 2.05) is 19.2 Å². The Balaban J connectivity index is 2.95. The van der Waals surface area contributed by atoms with Crippen molar-refractivity contribution in [1.82, 2.24) is 14.8 Å². The number of aromatic nitrogens is 3. The van der Waals surface area contributed by atoms with Gasteiger partial charge in [-0.3, -0.25) is 0 Å². The number of fused-ring (bicyclic) bond motifs is 1. The van der Waals surface area contributed by atoms with E-state index in [9.17, 15) is 0 Å². The van der Waals surface area contributed by atoms with Crippen LogP contribution >= 0.6 is 22.6 Å². The van der Waals surface area contributed by atoms with Gasteiger partial charge in [0, 0.05) is 13.2 Å². The molecule has 2 rings (SSSR count). The first-order valence-electron chi connectivity index (χ1n) is 3.22. The van der Waals surface area contributed by atoms with Crippen LogP contribution in [0.2, 0.25) is 0 Å². The van der Waals surface area contributed by atoms with E-state index in [-0.39, 0.29) is 0 Å². The Morgan fingerprint density at radius 2 is 2.36 bits per heavy atom. The Bertz CT molecular complexity index is 357. The van der Waals surface area contributed by atoms with Crippen LogP contribution in [0.4, 0.5) is 0 Å². The van der Waals surface area contributed by atoms with Crippen molar-refractivity contribution in [2.45, 2.75) is 0 Å². The highest BCUT2D eigenvalue weighted by Crippen LogP contribution is 2.15. The second-order valence-electron chi connectivity index (χ2n) is 2.29. The fraction of sp³-hybridized carbons (Fsp3) is 0.143. The first-order valence-corrected chi connectivity index (χ1v) is 4.30. The highest BCUT2D eigenvalue weighted by Gasteiger charge is 2.03. The van der Waals surface area contributed by atoms with Crippen LogP contribution in [0.25, 0.3) is 11.0 Å². The van der Waals surface area contributed by atoms with Gasteiger partial charge in [0.05, 0.1) is 5.39 Å². The summed E-state index contributed by atoms with van der Waals surface area (Å²) in [5, 5.41) is 5.35. The van der Waals surface area contributed by atoms with Gasteiger partial charge in [-0.1, -0.05) is 0 Å². The van der Waals surface area contributed by atoms with Crippen LogP contribution in [0, 0.1) is 3.70 Å². The second-order valence-corrected chi connectivity index (χ2v) is 3.31. The van der Waals surface area contributed by atoms with Gasteiger partial charge in [0.25, 0.3) is 0 Å². The molecule has 0 aliphatic carbocycles. The van der Waals surface area contributed by atoms with Gasteiger partial charge in [-0.2, -0.15) is 5.10 Å². The zero-order valence-corrected chi connectivity index (χ0v) is 8.11. The summed E-state index contributed by atoms with van der Waals surface area (Å²) in [5.41, 5.74) is 0.942. The molecule has 3 nitrogen and oxygen atoms in total. The van der Waals surface area contributed by atoms with Crippen LogP contribution in [0.1, 0.15) is 0 Å². The van der Waals surface area contributed by atoms with Gasteiger partial charge < -0.3 is 0 Å². The van der Waals surface area contributed by atoms with Crippen LogP contribution in [0.3, 0.4) is 0 Å². The number of aryl methyl sites for hydroxylation is 1. The van der Waals surface area contributed by atoms with Crippen LogP contribution in [0.5, 0.6) is 0 Å². The number of rotatable bonds is 0. The van der Waals surface area contributed by atoms with Crippen molar-refractivity contribution in [2.75, 3.05) is 0 Å². The molecule has 0 N–H and O–H groups in total. The molecule has 0 saturated heterocycles. The van der Waals surface area contributed by atoms with Crippen molar-refractivity contribution in [2.24, 2.45) is 7.05 Å². The lowest BCUT2D eigenvalue weighted by atomic mass is 10.4. The van der Waals surface area contributed by atoms with Gasteiger partial charge in [0.2, 0.25) is 0 Å². The second kappa shape index (κ2) is 2.44. The van der Waals surface area contributed by atoms with Crippen molar-refractivity contribution in [1.29, 1.82) is 0 Å². The molecule has 0 unspecified atom stereocenters. The van der Waals surface area contributed by atoms with Crippen LogP contribution in [0.15, 0.2) is 18.3 Å². The molecule has 2 heterocycles. The number of hydrogen-bond donors (Lipinski definition) is 0. The van der Waals surface area contributed by atoms with Crippen molar-refractivity contribution >= 4 is 33.6 Å². The molecule has 56 valence electrons. The van der Waals surface area contributed by atoms with Gasteiger partial charge in [-0.05, 0) is 34.7 Å². The molecule has 2 aromatic heterocycles. The average Bonchev–Trinajstić information content (AvgIpc) is 2.30. The predicted octanol–water partition coefficient (Wildman–Crippen LogP) is 1.57. The van der Waals surface area contributed by atoms with E-state index in [1.54, 1.807) is 10.9 Å². The SMILES string of the molecule is Cn1nc(I)c2cccnc21. The first-order chi connectivity index (χ1) is 5.29. The Kier molecular flexibility index (Phi) is 1.56. The van der Waals surface area contributed by atoms with Crippen molar-refractivity contribution in [3.05, 3.63) is 22.0 Å². The average molecular weight is 259 g/mol. The van der Waals surface area contributed by atoms with E-state index >= 15 is 0 Å². The zero-order chi connectivity index (χ0) is 7.84. The molecular formula is C7H6IN3. The lowest BCUT2D eigenvalue weighted by molar-refractivity contribution is 0.777. The molecule has 0 fully saturated rings. The third-order valence-electron chi connectivity index (χ3n) is 1.55. The van der Waals surface area contributed by atoms with E-state index in [2.05, 4.69) is 32.7 Å². The fourth-order valence-corrected chi connectivity index (χ4v) is 1.79. The summed E-state index contributed by atoms with van der Waals surface area (Å²) < 4.78 is 2.80. The summed E-state index contributed by atoms with van der Waals surface area (Å²) in [7, 11) is 1.90. The summed E-state index contributed by atoms with van der Waals surface area (Å²) in [6.45, 7) is 0. The summed E-state index contributed by atoms with van der Waals surface area (Å²) >= 11 is 2.21. The molecule has 0 radical (unpaired) electrons. The maximum absolute atomic E-state index is 4.23. The summed E-state index contributed by atoms with van der Waals surface area (Å²) in [6, 6.07) is 3.95. The number of halogens is 1. The summed E-state index contributed by atoms with van der Waals surface area (Å²) in [5.74, 6) is 0. The maximum Gasteiger partial charge on any atom is 0.158 e. The Hall–Kier alpha value is -0.650. The molecule has 0 aliphatic heterocycles. The lowest BCUT2D eigenvalue weighted by Gasteiger charge is -1.88. The summed E-state index contributed by atoms with van der Waals surface area (Å²) in [4.78, 5) is 4.20. The third-order valence-corrected chi connectivity index (χ3v) is 2.35. The van der Waals surface area contributed by atoms with Crippen molar-refractivity contribution in [3.8, 4) is 0 Å². The van der Waals surface area contributed by atoms with Gasteiger partial charge in [-0.15, -0.1) is 0 Å². The highest BCUT2D eigenvalue weighted by atomic mass is 127. The fourth-order valence-electron chi connectivity index (χ4n) is 1.05. The molecular weight excluding hydrogens is 253 g/mol. The molecule has 0 bridgehead atoms. The van der Waals surface area contributed by atoms with Crippen LogP contribution < -0.4 is 0 Å². The highest BCUT2D eigenvalue weighted by molar-refractivity contribution is 14.1. The topological polar surface area (TPSA) is 30.7 Å². The first kappa shape index (κ1) is 7.02. The number of pyridine rings is 1. The minimum Gasteiger partial charge on any atom is -0.249 e. The lowest BCUT2D eigenvalue weighted by Crippen LogP contribution is -1.90. The van der Waals surface area contributed by atoms with Gasteiger partial charge >= 0.3 is 0 Å². The third kappa shape index (κ3) is 1.01. The minimum absolute atomic E-state index is 0.942. The molecule has 0 atom stereocenters. The largest absolute Gasteiger partial charge is 0.249 e. The van der Waals surface area contributed by atoms with Crippen molar-refractivity contribution < 1.29 is 0 Å².